The van der Waals surface area contributed by atoms with Crippen LogP contribution in [0.5, 0.6) is 0 Å². The highest BCUT2D eigenvalue weighted by molar-refractivity contribution is 5.97. The second-order valence-electron chi connectivity index (χ2n) is 9.55. The molecule has 12 heteroatoms. The van der Waals surface area contributed by atoms with Gasteiger partial charge in [-0.1, -0.05) is 43.7 Å². The first kappa shape index (κ1) is 30.3. The SMILES string of the molecule is CCCCN(C)c1cc(C(=O)N[C@@H](CCC(=O)O)C(=O)N2CCN(C(=O)OCC)CC2)nc(-c2ccccc2)n1. The number of amides is 3. The number of carboxylic acid groups (broad SMARTS) is 1. The second-order valence-corrected chi connectivity index (χ2v) is 9.55. The lowest BCUT2D eigenvalue weighted by atomic mass is 10.1. The molecular weight excluding hydrogens is 516 g/mol. The number of hydrogen-bond donors (Lipinski definition) is 2. The third-order valence-corrected chi connectivity index (χ3v) is 6.58. The molecule has 0 unspecified atom stereocenters. The number of unbranched alkanes of at least 4 members (excludes halogenated alkanes) is 1. The van der Waals surface area contributed by atoms with E-state index in [4.69, 9.17) is 4.74 Å². The number of nitrogens with one attached hydrogen (secondary N) is 1. The number of hydrogen-bond acceptors (Lipinski definition) is 8. The molecule has 1 saturated heterocycles. The Kier molecular flexibility index (Phi) is 11.2. The smallest absolute Gasteiger partial charge is 0.409 e. The van der Waals surface area contributed by atoms with E-state index in [1.54, 1.807) is 13.0 Å². The molecule has 1 aliphatic heterocycles. The number of anilines is 1. The van der Waals surface area contributed by atoms with Crippen LogP contribution in [-0.4, -0.2) is 101 Å². The van der Waals surface area contributed by atoms with Crippen molar-refractivity contribution in [2.24, 2.45) is 0 Å². The van der Waals surface area contributed by atoms with Crippen molar-refractivity contribution in [3.63, 3.8) is 0 Å². The molecule has 3 amide bonds. The Morgan fingerprint density at radius 3 is 2.35 bits per heavy atom. The summed E-state index contributed by atoms with van der Waals surface area (Å²) in [7, 11) is 1.89. The topological polar surface area (TPSA) is 145 Å². The average molecular weight is 555 g/mol. The summed E-state index contributed by atoms with van der Waals surface area (Å²) >= 11 is 0. The van der Waals surface area contributed by atoms with E-state index in [-0.39, 0.29) is 51.3 Å². The van der Waals surface area contributed by atoms with Crippen LogP contribution in [0.1, 0.15) is 50.0 Å². The van der Waals surface area contributed by atoms with Crippen LogP contribution in [0.2, 0.25) is 0 Å². The van der Waals surface area contributed by atoms with Gasteiger partial charge in [-0.2, -0.15) is 0 Å². The van der Waals surface area contributed by atoms with Crippen LogP contribution in [0, 0.1) is 0 Å². The number of carbonyl (C=O) groups excluding carboxylic acids is 3. The van der Waals surface area contributed by atoms with Gasteiger partial charge in [0, 0.05) is 57.8 Å². The molecule has 216 valence electrons. The third kappa shape index (κ3) is 8.39. The van der Waals surface area contributed by atoms with Crippen LogP contribution in [0.4, 0.5) is 10.6 Å². The molecule has 0 spiro atoms. The van der Waals surface area contributed by atoms with Crippen LogP contribution in [0.3, 0.4) is 0 Å². The molecule has 2 heterocycles. The van der Waals surface area contributed by atoms with Crippen molar-refractivity contribution in [1.29, 1.82) is 0 Å². The van der Waals surface area contributed by atoms with E-state index >= 15 is 0 Å². The molecule has 2 N–H and O–H groups in total. The van der Waals surface area contributed by atoms with Crippen LogP contribution >= 0.6 is 0 Å². The Morgan fingerprint density at radius 2 is 1.73 bits per heavy atom. The largest absolute Gasteiger partial charge is 0.481 e. The van der Waals surface area contributed by atoms with E-state index in [1.165, 1.54) is 9.80 Å². The number of aromatic nitrogens is 2. The number of piperazine rings is 1. The summed E-state index contributed by atoms with van der Waals surface area (Å²) in [6.07, 6.45) is 1.11. The Hall–Kier alpha value is -4.22. The minimum Gasteiger partial charge on any atom is -0.481 e. The van der Waals surface area contributed by atoms with Gasteiger partial charge in [-0.15, -0.1) is 0 Å². The molecule has 0 saturated carbocycles. The summed E-state index contributed by atoms with van der Waals surface area (Å²) in [5.74, 6) is -1.15. The van der Waals surface area contributed by atoms with Crippen molar-refractivity contribution in [2.75, 3.05) is 51.3 Å². The zero-order chi connectivity index (χ0) is 29.1. The molecule has 2 aromatic rings. The molecule has 1 atom stereocenters. The lowest BCUT2D eigenvalue weighted by Crippen LogP contribution is -2.56. The highest BCUT2D eigenvalue weighted by atomic mass is 16.6. The van der Waals surface area contributed by atoms with Crippen LogP contribution in [0.15, 0.2) is 36.4 Å². The van der Waals surface area contributed by atoms with Crippen LogP contribution in [0.25, 0.3) is 11.4 Å². The zero-order valence-electron chi connectivity index (χ0n) is 23.3. The summed E-state index contributed by atoms with van der Waals surface area (Å²) in [6, 6.07) is 9.79. The molecule has 1 aromatic heterocycles. The molecule has 1 aliphatic rings. The molecule has 12 nitrogen and oxygen atoms in total. The molecule has 1 aromatic carbocycles. The zero-order valence-corrected chi connectivity index (χ0v) is 23.3. The van der Waals surface area contributed by atoms with Gasteiger partial charge in [0.05, 0.1) is 6.61 Å². The first-order chi connectivity index (χ1) is 19.2. The Morgan fingerprint density at radius 1 is 1.05 bits per heavy atom. The highest BCUT2D eigenvalue weighted by Gasteiger charge is 2.31. The standard InChI is InChI=1S/C28H38N6O6/c1-4-6-14-32(3)23-19-22(29-25(31-23)20-10-8-7-9-11-20)26(37)30-21(12-13-24(35)36)27(38)33-15-17-34(18-16-33)28(39)40-5-2/h7-11,19,21H,4-6,12-18H2,1-3H3,(H,30,37)(H,35,36)/t21-/m0/s1. The Balaban J connectivity index is 1.82. The maximum atomic E-state index is 13.5. The van der Waals surface area contributed by atoms with Gasteiger partial charge in [-0.3, -0.25) is 14.4 Å². The van der Waals surface area contributed by atoms with Gasteiger partial charge in [0.25, 0.3) is 5.91 Å². The maximum absolute atomic E-state index is 13.5. The van der Waals surface area contributed by atoms with Crippen molar-refractivity contribution in [3.05, 3.63) is 42.1 Å². The van der Waals surface area contributed by atoms with E-state index in [2.05, 4.69) is 22.2 Å². The fourth-order valence-electron chi connectivity index (χ4n) is 4.27. The van der Waals surface area contributed by atoms with Gasteiger partial charge in [0.2, 0.25) is 5.91 Å². The first-order valence-electron chi connectivity index (χ1n) is 13.6. The molecule has 0 aliphatic carbocycles. The fourth-order valence-corrected chi connectivity index (χ4v) is 4.27. The quantitative estimate of drug-likeness (QED) is 0.404. The Labute approximate surface area is 234 Å². The molecule has 3 rings (SSSR count). The number of carbonyl (C=O) groups is 4. The average Bonchev–Trinajstić information content (AvgIpc) is 2.97. The van der Waals surface area contributed by atoms with E-state index in [0.717, 1.165) is 24.9 Å². The van der Waals surface area contributed by atoms with Crippen molar-refractivity contribution in [2.45, 2.75) is 45.6 Å². The molecule has 0 bridgehead atoms. The summed E-state index contributed by atoms with van der Waals surface area (Å²) < 4.78 is 5.03. The van der Waals surface area contributed by atoms with E-state index < -0.39 is 29.9 Å². The van der Waals surface area contributed by atoms with E-state index in [1.807, 2.05) is 42.3 Å². The van der Waals surface area contributed by atoms with Gasteiger partial charge in [-0.25, -0.2) is 14.8 Å². The van der Waals surface area contributed by atoms with Crippen molar-refractivity contribution < 1.29 is 29.0 Å². The molecule has 0 radical (unpaired) electrons. The number of aliphatic carboxylic acids is 1. The predicted octanol–water partition coefficient (Wildman–Crippen LogP) is 2.64. The van der Waals surface area contributed by atoms with Crippen LogP contribution < -0.4 is 10.2 Å². The number of nitrogens with zero attached hydrogens (tertiary/aromatic N) is 5. The summed E-state index contributed by atoms with van der Waals surface area (Å²) in [6.45, 7) is 5.86. The fraction of sp³-hybridized carbons (Fsp3) is 0.500. The number of ether oxygens (including phenoxy) is 1. The third-order valence-electron chi connectivity index (χ3n) is 6.58. The number of rotatable bonds is 12. The lowest BCUT2D eigenvalue weighted by molar-refractivity contribution is -0.138. The van der Waals surface area contributed by atoms with Gasteiger partial charge >= 0.3 is 12.1 Å². The van der Waals surface area contributed by atoms with Gasteiger partial charge in [-0.05, 0) is 19.8 Å². The van der Waals surface area contributed by atoms with Gasteiger partial charge < -0.3 is 29.9 Å². The Bertz CT molecular complexity index is 1170. The van der Waals surface area contributed by atoms with E-state index in [9.17, 15) is 24.3 Å². The monoisotopic (exact) mass is 554 g/mol. The van der Waals surface area contributed by atoms with Gasteiger partial charge in [0.15, 0.2) is 5.82 Å². The molecule has 1 fully saturated rings. The maximum Gasteiger partial charge on any atom is 0.409 e. The minimum absolute atomic E-state index is 0.0763. The number of carboxylic acids is 1. The van der Waals surface area contributed by atoms with Crippen LogP contribution in [-0.2, 0) is 14.3 Å². The van der Waals surface area contributed by atoms with E-state index in [0.29, 0.717) is 11.6 Å². The molecule has 40 heavy (non-hydrogen) atoms. The van der Waals surface area contributed by atoms with Gasteiger partial charge in [0.1, 0.15) is 17.6 Å². The van der Waals surface area contributed by atoms with Crippen molar-refractivity contribution >= 4 is 29.7 Å². The molecular formula is C28H38N6O6. The van der Waals surface area contributed by atoms with Crippen molar-refractivity contribution in [1.82, 2.24) is 25.1 Å². The minimum atomic E-state index is -1.08. The summed E-state index contributed by atoms with van der Waals surface area (Å²) in [4.78, 5) is 64.3. The number of benzene rings is 1. The lowest BCUT2D eigenvalue weighted by Gasteiger charge is -2.35. The first-order valence-corrected chi connectivity index (χ1v) is 13.6. The normalized spacial score (nSPS) is 13.9. The second kappa shape index (κ2) is 14.8. The highest BCUT2D eigenvalue weighted by Crippen LogP contribution is 2.20. The summed E-state index contributed by atoms with van der Waals surface area (Å²) in [5, 5.41) is 12.0. The van der Waals surface area contributed by atoms with Crippen molar-refractivity contribution in [3.8, 4) is 11.4 Å². The predicted molar refractivity (Wildman–Crippen MR) is 149 cm³/mol. The summed E-state index contributed by atoms with van der Waals surface area (Å²) in [5.41, 5.74) is 0.813.